The van der Waals surface area contributed by atoms with Crippen molar-refractivity contribution in [1.82, 2.24) is 9.80 Å². The van der Waals surface area contributed by atoms with Crippen molar-refractivity contribution in [2.45, 2.75) is 71.1 Å². The van der Waals surface area contributed by atoms with Gasteiger partial charge in [0.2, 0.25) is 0 Å². The SMILES string of the molecule is CC1CCCN(CCCCCOc2ccc([N+](=O)[O-])cc2)C1.Fc1ccc(OCCCCCN2CCCC2)cc1. The summed E-state index contributed by atoms with van der Waals surface area (Å²) in [6.45, 7) is 11.2. The highest BCUT2D eigenvalue weighted by Crippen LogP contribution is 2.18. The van der Waals surface area contributed by atoms with Crippen LogP contribution in [0.25, 0.3) is 0 Å². The molecule has 1 unspecified atom stereocenters. The molecule has 2 fully saturated rings. The number of nitro benzene ring substituents is 1. The van der Waals surface area contributed by atoms with Gasteiger partial charge in [0.25, 0.3) is 5.69 Å². The lowest BCUT2D eigenvalue weighted by atomic mass is 10.00. The first-order chi connectivity index (χ1) is 19.5. The third kappa shape index (κ3) is 13.1. The van der Waals surface area contributed by atoms with Crippen LogP contribution in [0.15, 0.2) is 48.5 Å². The number of hydrogen-bond acceptors (Lipinski definition) is 6. The normalized spacial score (nSPS) is 17.7. The Hall–Kier alpha value is -2.71. The van der Waals surface area contributed by atoms with Gasteiger partial charge in [-0.25, -0.2) is 4.39 Å². The summed E-state index contributed by atoms with van der Waals surface area (Å²) in [5.41, 5.74) is 0.100. The summed E-state index contributed by atoms with van der Waals surface area (Å²) < 4.78 is 23.8. The smallest absolute Gasteiger partial charge is 0.269 e. The Morgan fingerprint density at radius 3 is 1.85 bits per heavy atom. The van der Waals surface area contributed by atoms with Gasteiger partial charge in [-0.05, 0) is 139 Å². The highest BCUT2D eigenvalue weighted by atomic mass is 19.1. The molecule has 0 aliphatic carbocycles. The Kier molecular flexibility index (Phi) is 14.8. The van der Waals surface area contributed by atoms with Crippen LogP contribution in [0.2, 0.25) is 0 Å². The molecule has 0 radical (unpaired) electrons. The highest BCUT2D eigenvalue weighted by molar-refractivity contribution is 5.35. The molecule has 8 heteroatoms. The summed E-state index contributed by atoms with van der Waals surface area (Å²) >= 11 is 0. The van der Waals surface area contributed by atoms with Crippen molar-refractivity contribution in [2.24, 2.45) is 5.92 Å². The van der Waals surface area contributed by atoms with Crippen LogP contribution in [0.3, 0.4) is 0 Å². The first kappa shape index (κ1) is 31.8. The number of hydrogen-bond donors (Lipinski definition) is 0. The fourth-order valence-corrected chi connectivity index (χ4v) is 5.30. The molecule has 2 saturated heterocycles. The number of benzene rings is 2. The lowest BCUT2D eigenvalue weighted by molar-refractivity contribution is -0.384. The molecule has 2 aliphatic heterocycles. The minimum absolute atomic E-state index is 0.100. The van der Waals surface area contributed by atoms with Gasteiger partial charge in [-0.15, -0.1) is 0 Å². The summed E-state index contributed by atoms with van der Waals surface area (Å²) in [7, 11) is 0. The fourth-order valence-electron chi connectivity index (χ4n) is 5.30. The molecule has 7 nitrogen and oxygen atoms in total. The maximum absolute atomic E-state index is 12.7. The molecule has 0 aromatic heterocycles. The van der Waals surface area contributed by atoms with Gasteiger partial charge in [0.1, 0.15) is 17.3 Å². The third-order valence-electron chi connectivity index (χ3n) is 7.58. The van der Waals surface area contributed by atoms with Crippen LogP contribution in [0, 0.1) is 21.8 Å². The number of piperidine rings is 1. The van der Waals surface area contributed by atoms with E-state index >= 15 is 0 Å². The largest absolute Gasteiger partial charge is 0.494 e. The van der Waals surface area contributed by atoms with E-state index < -0.39 is 4.92 Å². The molecule has 0 spiro atoms. The fraction of sp³-hybridized carbons (Fsp3) is 0.625. The minimum atomic E-state index is -0.398. The summed E-state index contributed by atoms with van der Waals surface area (Å²) in [5, 5.41) is 10.6. The Bertz CT molecular complexity index is 952. The first-order valence-electron chi connectivity index (χ1n) is 15.2. The van der Waals surface area contributed by atoms with Gasteiger partial charge in [0.05, 0.1) is 18.1 Å². The van der Waals surface area contributed by atoms with Gasteiger partial charge in [-0.3, -0.25) is 10.1 Å². The van der Waals surface area contributed by atoms with Gasteiger partial charge in [-0.2, -0.15) is 0 Å². The third-order valence-corrected chi connectivity index (χ3v) is 7.58. The van der Waals surface area contributed by atoms with E-state index in [-0.39, 0.29) is 11.5 Å². The number of ether oxygens (including phenoxy) is 2. The Labute approximate surface area is 239 Å². The molecule has 222 valence electrons. The average Bonchev–Trinajstić information content (AvgIpc) is 3.48. The van der Waals surface area contributed by atoms with Crippen molar-refractivity contribution in [3.63, 3.8) is 0 Å². The number of nitrogens with zero attached hydrogens (tertiary/aromatic N) is 3. The van der Waals surface area contributed by atoms with Crippen molar-refractivity contribution >= 4 is 5.69 Å². The van der Waals surface area contributed by atoms with Gasteiger partial charge in [0.15, 0.2) is 0 Å². The maximum atomic E-state index is 12.7. The van der Waals surface area contributed by atoms with Gasteiger partial charge in [-0.1, -0.05) is 6.92 Å². The first-order valence-corrected chi connectivity index (χ1v) is 15.2. The number of rotatable bonds is 15. The quantitative estimate of drug-likeness (QED) is 0.130. The Morgan fingerprint density at radius 2 is 1.30 bits per heavy atom. The molecular weight excluding hydrogens is 509 g/mol. The molecule has 4 rings (SSSR count). The van der Waals surface area contributed by atoms with Crippen LogP contribution in [0.1, 0.15) is 71.1 Å². The molecule has 2 heterocycles. The summed E-state index contributed by atoms with van der Waals surface area (Å²) in [4.78, 5) is 15.3. The lowest BCUT2D eigenvalue weighted by Gasteiger charge is -2.30. The molecule has 1 atom stereocenters. The average molecular weight is 558 g/mol. The number of halogens is 1. The van der Waals surface area contributed by atoms with E-state index in [1.54, 1.807) is 24.3 Å². The second-order valence-corrected chi connectivity index (χ2v) is 11.1. The molecular formula is C32H48FN3O4. The van der Waals surface area contributed by atoms with Gasteiger partial charge in [0, 0.05) is 18.7 Å². The van der Waals surface area contributed by atoms with Gasteiger partial charge < -0.3 is 19.3 Å². The predicted molar refractivity (Wildman–Crippen MR) is 159 cm³/mol. The molecule has 2 aromatic rings. The summed E-state index contributed by atoms with van der Waals surface area (Å²) in [6.07, 6.45) is 12.4. The number of non-ortho nitro benzene ring substituents is 1. The maximum Gasteiger partial charge on any atom is 0.269 e. The van der Waals surface area contributed by atoms with E-state index in [1.165, 1.54) is 108 Å². The zero-order valence-corrected chi connectivity index (χ0v) is 24.3. The van der Waals surface area contributed by atoms with Crippen molar-refractivity contribution in [3.8, 4) is 11.5 Å². The predicted octanol–water partition coefficient (Wildman–Crippen LogP) is 7.35. The molecule has 0 saturated carbocycles. The Balaban J connectivity index is 0.000000225. The van der Waals surface area contributed by atoms with E-state index in [0.29, 0.717) is 12.4 Å². The molecule has 0 amide bonds. The topological polar surface area (TPSA) is 68.1 Å². The van der Waals surface area contributed by atoms with E-state index in [4.69, 9.17) is 9.47 Å². The number of nitro groups is 1. The van der Waals surface area contributed by atoms with Crippen LogP contribution >= 0.6 is 0 Å². The second kappa shape index (κ2) is 18.6. The highest BCUT2D eigenvalue weighted by Gasteiger charge is 2.15. The zero-order valence-electron chi connectivity index (χ0n) is 24.3. The van der Waals surface area contributed by atoms with Crippen molar-refractivity contribution in [2.75, 3.05) is 52.5 Å². The van der Waals surface area contributed by atoms with E-state index in [1.807, 2.05) is 0 Å². The number of unbranched alkanes of at least 4 members (excludes halogenated alkanes) is 4. The van der Waals surface area contributed by atoms with Crippen LogP contribution < -0.4 is 9.47 Å². The lowest BCUT2D eigenvalue weighted by Crippen LogP contribution is -2.34. The second-order valence-electron chi connectivity index (χ2n) is 11.1. The summed E-state index contributed by atoms with van der Waals surface area (Å²) in [6, 6.07) is 12.5. The van der Waals surface area contributed by atoms with Crippen LogP contribution in [-0.4, -0.2) is 67.2 Å². The van der Waals surface area contributed by atoms with E-state index in [9.17, 15) is 14.5 Å². The van der Waals surface area contributed by atoms with E-state index in [0.717, 1.165) is 37.5 Å². The van der Waals surface area contributed by atoms with Crippen LogP contribution in [0.5, 0.6) is 11.5 Å². The summed E-state index contributed by atoms with van der Waals surface area (Å²) in [5.74, 6) is 2.10. The molecule has 2 aliphatic rings. The van der Waals surface area contributed by atoms with Crippen LogP contribution in [-0.2, 0) is 0 Å². The molecule has 2 aromatic carbocycles. The minimum Gasteiger partial charge on any atom is -0.494 e. The van der Waals surface area contributed by atoms with Gasteiger partial charge >= 0.3 is 0 Å². The molecule has 40 heavy (non-hydrogen) atoms. The van der Waals surface area contributed by atoms with Crippen LogP contribution in [0.4, 0.5) is 10.1 Å². The monoisotopic (exact) mass is 557 g/mol. The molecule has 0 N–H and O–H groups in total. The number of likely N-dealkylation sites (tertiary alicyclic amines) is 2. The Morgan fingerprint density at radius 1 is 0.775 bits per heavy atom. The van der Waals surface area contributed by atoms with Crippen molar-refractivity contribution in [1.29, 1.82) is 0 Å². The zero-order chi connectivity index (χ0) is 28.4. The standard InChI is InChI=1S/C17H26N2O3.C15H22FNO/c1-15-6-5-12-18(14-15)11-3-2-4-13-22-17-9-7-16(8-10-17)19(20)21;16-14-6-8-15(9-7-14)18-13-5-1-2-10-17-11-3-4-12-17/h7-10,15H,2-6,11-14H2,1H3;6-9H,1-5,10-13H2. The van der Waals surface area contributed by atoms with Crippen molar-refractivity contribution in [3.05, 3.63) is 64.5 Å². The van der Waals surface area contributed by atoms with Crippen molar-refractivity contribution < 1.29 is 18.8 Å². The van der Waals surface area contributed by atoms with E-state index in [2.05, 4.69) is 16.7 Å². The molecule has 0 bridgehead atoms.